The van der Waals surface area contributed by atoms with Crippen LogP contribution in [0, 0.1) is 6.92 Å². The van der Waals surface area contributed by atoms with Crippen molar-refractivity contribution in [3.05, 3.63) is 35.4 Å². The Morgan fingerprint density at radius 3 is 2.55 bits per heavy atom. The first-order chi connectivity index (χ1) is 10.7. The maximum atomic E-state index is 12.4. The summed E-state index contributed by atoms with van der Waals surface area (Å²) in [7, 11) is 0. The molecule has 0 aromatic heterocycles. The third-order valence-corrected chi connectivity index (χ3v) is 4.69. The van der Waals surface area contributed by atoms with E-state index in [-0.39, 0.29) is 5.91 Å². The fraction of sp³-hybridized carbons (Fsp3) is 0.611. The number of rotatable bonds is 4. The molecule has 0 radical (unpaired) electrons. The first-order valence-corrected chi connectivity index (χ1v) is 8.38. The van der Waals surface area contributed by atoms with Crippen molar-refractivity contribution in [1.29, 1.82) is 0 Å². The van der Waals surface area contributed by atoms with Crippen LogP contribution in [-0.4, -0.2) is 61.1 Å². The predicted molar refractivity (Wildman–Crippen MR) is 86.9 cm³/mol. The average Bonchev–Trinajstić information content (AvgIpc) is 3.03. The van der Waals surface area contributed by atoms with E-state index in [1.165, 1.54) is 18.4 Å². The lowest BCUT2D eigenvalue weighted by Crippen LogP contribution is -2.50. The van der Waals surface area contributed by atoms with Crippen molar-refractivity contribution in [3.8, 4) is 0 Å². The van der Waals surface area contributed by atoms with Gasteiger partial charge in [0.05, 0.1) is 12.5 Å². The Hall–Kier alpha value is -1.39. The van der Waals surface area contributed by atoms with Crippen LogP contribution < -0.4 is 0 Å². The molecule has 2 saturated heterocycles. The van der Waals surface area contributed by atoms with E-state index in [0.717, 1.165) is 44.9 Å². The molecule has 120 valence electrons. The highest BCUT2D eigenvalue weighted by molar-refractivity contribution is 5.78. The number of carbonyl (C=O) groups excluding carboxylic acids is 1. The van der Waals surface area contributed by atoms with E-state index >= 15 is 0 Å². The monoisotopic (exact) mass is 302 g/mol. The predicted octanol–water partition coefficient (Wildman–Crippen LogP) is 1.86. The first kappa shape index (κ1) is 15.5. The molecule has 1 aromatic rings. The number of aryl methyl sites for hydroxylation is 1. The van der Waals surface area contributed by atoms with Crippen molar-refractivity contribution in [2.75, 3.05) is 39.3 Å². The smallest absolute Gasteiger partial charge is 0.227 e. The van der Waals surface area contributed by atoms with Crippen molar-refractivity contribution >= 4 is 5.91 Å². The summed E-state index contributed by atoms with van der Waals surface area (Å²) in [6.07, 6.45) is 3.31. The molecule has 0 spiro atoms. The Morgan fingerprint density at radius 1 is 1.18 bits per heavy atom. The van der Waals surface area contributed by atoms with E-state index in [4.69, 9.17) is 4.74 Å². The fourth-order valence-corrected chi connectivity index (χ4v) is 3.25. The lowest BCUT2D eigenvalue weighted by Gasteiger charge is -2.35. The molecular formula is C18H26N2O2. The van der Waals surface area contributed by atoms with Crippen LogP contribution in [0.4, 0.5) is 0 Å². The summed E-state index contributed by atoms with van der Waals surface area (Å²) in [6, 6.07) is 8.26. The molecule has 0 bridgehead atoms. The van der Waals surface area contributed by atoms with Crippen molar-refractivity contribution in [2.45, 2.75) is 32.3 Å². The van der Waals surface area contributed by atoms with Crippen LogP contribution in [0.25, 0.3) is 0 Å². The first-order valence-electron chi connectivity index (χ1n) is 8.38. The van der Waals surface area contributed by atoms with E-state index in [1.54, 1.807) is 0 Å². The molecule has 2 fully saturated rings. The van der Waals surface area contributed by atoms with Crippen LogP contribution in [-0.2, 0) is 16.0 Å². The van der Waals surface area contributed by atoms with Gasteiger partial charge in [-0.2, -0.15) is 0 Å². The molecule has 3 rings (SSSR count). The topological polar surface area (TPSA) is 32.8 Å². The van der Waals surface area contributed by atoms with Crippen molar-refractivity contribution in [3.63, 3.8) is 0 Å². The number of hydrogen-bond acceptors (Lipinski definition) is 3. The Balaban J connectivity index is 1.44. The van der Waals surface area contributed by atoms with Gasteiger partial charge in [-0.1, -0.05) is 29.8 Å². The number of amides is 1. The summed E-state index contributed by atoms with van der Waals surface area (Å²) in [5.41, 5.74) is 2.34. The quantitative estimate of drug-likeness (QED) is 0.851. The molecule has 0 aliphatic carbocycles. The molecule has 22 heavy (non-hydrogen) atoms. The van der Waals surface area contributed by atoms with Crippen LogP contribution in [0.1, 0.15) is 24.0 Å². The highest BCUT2D eigenvalue weighted by atomic mass is 16.5. The van der Waals surface area contributed by atoms with Gasteiger partial charge in [0.25, 0.3) is 0 Å². The standard InChI is InChI=1S/C18H26N2O2/c1-15-4-6-16(7-5-15)13-18(21)20-10-8-19(9-11-20)14-17-3-2-12-22-17/h4-7,17H,2-3,8-14H2,1H3. The Labute approximate surface area is 133 Å². The van der Waals surface area contributed by atoms with Crippen LogP contribution in [0.15, 0.2) is 24.3 Å². The minimum absolute atomic E-state index is 0.251. The SMILES string of the molecule is Cc1ccc(CC(=O)N2CCN(CC3CCCO3)CC2)cc1. The fourth-order valence-electron chi connectivity index (χ4n) is 3.25. The van der Waals surface area contributed by atoms with Crippen LogP contribution in [0.2, 0.25) is 0 Å². The van der Waals surface area contributed by atoms with Crippen molar-refractivity contribution < 1.29 is 9.53 Å². The number of ether oxygens (including phenoxy) is 1. The summed E-state index contributed by atoms with van der Waals surface area (Å²) >= 11 is 0. The summed E-state index contributed by atoms with van der Waals surface area (Å²) in [4.78, 5) is 16.8. The summed E-state index contributed by atoms with van der Waals surface area (Å²) in [5, 5.41) is 0. The van der Waals surface area contributed by atoms with E-state index in [1.807, 2.05) is 4.90 Å². The van der Waals surface area contributed by atoms with Gasteiger partial charge < -0.3 is 9.64 Å². The maximum Gasteiger partial charge on any atom is 0.227 e. The normalized spacial score (nSPS) is 23.0. The van der Waals surface area contributed by atoms with Crippen LogP contribution in [0.3, 0.4) is 0 Å². The third-order valence-electron chi connectivity index (χ3n) is 4.69. The number of piperazine rings is 1. The second-order valence-corrected chi connectivity index (χ2v) is 6.48. The maximum absolute atomic E-state index is 12.4. The summed E-state index contributed by atoms with van der Waals surface area (Å²) in [6.45, 7) is 7.65. The van der Waals surface area contributed by atoms with E-state index in [2.05, 4.69) is 36.1 Å². The molecule has 1 aromatic carbocycles. The van der Waals surface area contributed by atoms with Gasteiger partial charge in [0, 0.05) is 39.3 Å². The highest BCUT2D eigenvalue weighted by Crippen LogP contribution is 2.15. The number of benzene rings is 1. The number of hydrogen-bond donors (Lipinski definition) is 0. The molecule has 2 heterocycles. The van der Waals surface area contributed by atoms with E-state index < -0.39 is 0 Å². The van der Waals surface area contributed by atoms with Gasteiger partial charge >= 0.3 is 0 Å². The average molecular weight is 302 g/mol. The minimum atomic E-state index is 0.251. The number of carbonyl (C=O) groups is 1. The molecule has 1 atom stereocenters. The molecule has 1 unspecified atom stereocenters. The van der Waals surface area contributed by atoms with Gasteiger partial charge in [-0.05, 0) is 25.3 Å². The third kappa shape index (κ3) is 4.08. The van der Waals surface area contributed by atoms with Gasteiger partial charge in [-0.25, -0.2) is 0 Å². The molecule has 2 aliphatic rings. The zero-order valence-corrected chi connectivity index (χ0v) is 13.5. The highest BCUT2D eigenvalue weighted by Gasteiger charge is 2.24. The molecule has 4 nitrogen and oxygen atoms in total. The second kappa shape index (κ2) is 7.25. The Kier molecular flexibility index (Phi) is 5.11. The molecule has 4 heteroatoms. The number of nitrogens with zero attached hydrogens (tertiary/aromatic N) is 2. The van der Waals surface area contributed by atoms with Gasteiger partial charge in [-0.3, -0.25) is 9.69 Å². The van der Waals surface area contributed by atoms with Gasteiger partial charge in [0.15, 0.2) is 0 Å². The van der Waals surface area contributed by atoms with E-state index in [0.29, 0.717) is 12.5 Å². The van der Waals surface area contributed by atoms with Crippen LogP contribution >= 0.6 is 0 Å². The van der Waals surface area contributed by atoms with Crippen LogP contribution in [0.5, 0.6) is 0 Å². The largest absolute Gasteiger partial charge is 0.377 e. The molecule has 0 N–H and O–H groups in total. The Bertz CT molecular complexity index is 486. The van der Waals surface area contributed by atoms with Gasteiger partial charge in [-0.15, -0.1) is 0 Å². The van der Waals surface area contributed by atoms with Gasteiger partial charge in [0.1, 0.15) is 0 Å². The summed E-state index contributed by atoms with van der Waals surface area (Å²) in [5.74, 6) is 0.251. The molecular weight excluding hydrogens is 276 g/mol. The lowest BCUT2D eigenvalue weighted by atomic mass is 10.1. The van der Waals surface area contributed by atoms with Gasteiger partial charge in [0.2, 0.25) is 5.91 Å². The zero-order valence-electron chi connectivity index (χ0n) is 13.5. The zero-order chi connectivity index (χ0) is 15.4. The minimum Gasteiger partial charge on any atom is -0.377 e. The molecule has 0 saturated carbocycles. The molecule has 1 amide bonds. The second-order valence-electron chi connectivity index (χ2n) is 6.48. The molecule has 2 aliphatic heterocycles. The van der Waals surface area contributed by atoms with Crippen molar-refractivity contribution in [1.82, 2.24) is 9.80 Å². The summed E-state index contributed by atoms with van der Waals surface area (Å²) < 4.78 is 5.70. The van der Waals surface area contributed by atoms with Crippen molar-refractivity contribution in [2.24, 2.45) is 0 Å². The lowest BCUT2D eigenvalue weighted by molar-refractivity contribution is -0.132. The Morgan fingerprint density at radius 2 is 1.91 bits per heavy atom. The van der Waals surface area contributed by atoms with E-state index in [9.17, 15) is 4.79 Å².